The first-order chi connectivity index (χ1) is 10.8. The lowest BCUT2D eigenvalue weighted by Crippen LogP contribution is -2.59. The molecule has 0 unspecified atom stereocenters. The number of pyridine rings is 1. The Labute approximate surface area is 130 Å². The molecule has 1 saturated heterocycles. The van der Waals surface area contributed by atoms with Gasteiger partial charge in [0, 0.05) is 44.1 Å². The van der Waals surface area contributed by atoms with E-state index in [0.717, 1.165) is 25.2 Å². The number of aromatic nitrogens is 2. The monoisotopic (exact) mass is 298 g/mol. The molecule has 5 heteroatoms. The van der Waals surface area contributed by atoms with Crippen LogP contribution in [-0.2, 0) is 6.54 Å². The minimum absolute atomic E-state index is 0.0669. The van der Waals surface area contributed by atoms with Gasteiger partial charge < -0.3 is 5.32 Å². The molecule has 22 heavy (non-hydrogen) atoms. The average Bonchev–Trinajstić information content (AvgIpc) is 3.02. The molecule has 1 spiro atoms. The molecular weight excluding hydrogens is 276 g/mol. The zero-order valence-corrected chi connectivity index (χ0v) is 12.8. The normalized spacial score (nSPS) is 21.6. The number of hydrogen-bond acceptors (Lipinski definition) is 4. The van der Waals surface area contributed by atoms with Crippen LogP contribution in [0.3, 0.4) is 0 Å². The van der Waals surface area contributed by atoms with E-state index < -0.39 is 0 Å². The maximum absolute atomic E-state index is 12.7. The van der Waals surface area contributed by atoms with Crippen LogP contribution in [0.15, 0.2) is 35.4 Å². The largest absolute Gasteiger partial charge is 0.314 e. The molecule has 1 saturated carbocycles. The summed E-state index contributed by atoms with van der Waals surface area (Å²) in [5.41, 5.74) is 1.84. The highest BCUT2D eigenvalue weighted by atomic mass is 16.1. The SMILES string of the molecule is O=c1c(CN2CCNCC23CCCC3)cnc2ccccn12. The molecule has 0 atom stereocenters. The molecule has 2 aromatic rings. The molecule has 1 aliphatic heterocycles. The lowest BCUT2D eigenvalue weighted by molar-refractivity contribution is 0.0567. The quantitative estimate of drug-likeness (QED) is 0.911. The number of nitrogens with zero attached hydrogens (tertiary/aromatic N) is 3. The maximum Gasteiger partial charge on any atom is 0.262 e. The Balaban J connectivity index is 1.68. The Hall–Kier alpha value is -1.72. The summed E-state index contributed by atoms with van der Waals surface area (Å²) < 4.78 is 1.65. The van der Waals surface area contributed by atoms with E-state index in [1.807, 2.05) is 18.2 Å². The summed E-state index contributed by atoms with van der Waals surface area (Å²) in [7, 11) is 0. The predicted molar refractivity (Wildman–Crippen MR) is 85.9 cm³/mol. The second-order valence-electron chi connectivity index (χ2n) is 6.55. The van der Waals surface area contributed by atoms with Gasteiger partial charge in [-0.3, -0.25) is 14.1 Å². The lowest BCUT2D eigenvalue weighted by Gasteiger charge is -2.45. The van der Waals surface area contributed by atoms with E-state index in [2.05, 4.69) is 15.2 Å². The number of nitrogens with one attached hydrogen (secondary N) is 1. The first-order valence-corrected chi connectivity index (χ1v) is 8.20. The van der Waals surface area contributed by atoms with Crippen molar-refractivity contribution in [3.63, 3.8) is 0 Å². The Morgan fingerprint density at radius 1 is 1.27 bits per heavy atom. The minimum Gasteiger partial charge on any atom is -0.314 e. The van der Waals surface area contributed by atoms with Crippen LogP contribution in [0.1, 0.15) is 31.2 Å². The van der Waals surface area contributed by atoms with E-state index in [0.29, 0.717) is 12.2 Å². The van der Waals surface area contributed by atoms with Crippen LogP contribution in [0.25, 0.3) is 5.65 Å². The molecule has 0 amide bonds. The van der Waals surface area contributed by atoms with E-state index >= 15 is 0 Å². The van der Waals surface area contributed by atoms with Crippen molar-refractivity contribution in [3.05, 3.63) is 46.5 Å². The van der Waals surface area contributed by atoms with E-state index in [9.17, 15) is 4.79 Å². The summed E-state index contributed by atoms with van der Waals surface area (Å²) in [4.78, 5) is 19.6. The van der Waals surface area contributed by atoms with E-state index in [1.54, 1.807) is 16.8 Å². The third-order valence-corrected chi connectivity index (χ3v) is 5.26. The molecular formula is C17H22N4O. The summed E-state index contributed by atoms with van der Waals surface area (Å²) in [6.07, 6.45) is 8.64. The highest BCUT2D eigenvalue weighted by molar-refractivity contribution is 5.37. The van der Waals surface area contributed by atoms with Crippen LogP contribution < -0.4 is 10.9 Å². The van der Waals surface area contributed by atoms with Crippen LogP contribution >= 0.6 is 0 Å². The second-order valence-corrected chi connectivity index (χ2v) is 6.55. The van der Waals surface area contributed by atoms with Crippen LogP contribution in [-0.4, -0.2) is 39.5 Å². The second kappa shape index (κ2) is 5.48. The van der Waals surface area contributed by atoms with Crippen molar-refractivity contribution in [1.29, 1.82) is 0 Å². The molecule has 116 valence electrons. The number of hydrogen-bond donors (Lipinski definition) is 1. The summed E-state index contributed by atoms with van der Waals surface area (Å²) in [6.45, 7) is 3.78. The van der Waals surface area contributed by atoms with E-state index in [-0.39, 0.29) is 11.1 Å². The van der Waals surface area contributed by atoms with Gasteiger partial charge in [-0.25, -0.2) is 4.98 Å². The minimum atomic E-state index is 0.0669. The smallest absolute Gasteiger partial charge is 0.262 e. The highest BCUT2D eigenvalue weighted by Gasteiger charge is 2.41. The number of fused-ring (bicyclic) bond motifs is 1. The zero-order chi connectivity index (χ0) is 15.0. The van der Waals surface area contributed by atoms with Crippen molar-refractivity contribution in [2.24, 2.45) is 0 Å². The molecule has 0 aromatic carbocycles. The molecule has 2 aliphatic rings. The number of piperazine rings is 1. The standard InChI is InChI=1S/C17H22N4O/c22-16-14(11-19-15-5-1-4-9-21(15)16)12-20-10-8-18-13-17(20)6-2-3-7-17/h1,4-5,9,11,18H,2-3,6-8,10,12-13H2. The predicted octanol–water partition coefficient (Wildman–Crippen LogP) is 1.41. The molecule has 2 aromatic heterocycles. The van der Waals surface area contributed by atoms with Gasteiger partial charge >= 0.3 is 0 Å². The molecule has 2 fully saturated rings. The maximum atomic E-state index is 12.7. The number of rotatable bonds is 2. The molecule has 3 heterocycles. The summed E-state index contributed by atoms with van der Waals surface area (Å²) in [6, 6.07) is 5.66. The highest BCUT2D eigenvalue weighted by Crippen LogP contribution is 2.36. The third kappa shape index (κ3) is 2.25. The molecule has 1 aliphatic carbocycles. The van der Waals surface area contributed by atoms with Crippen molar-refractivity contribution < 1.29 is 0 Å². The van der Waals surface area contributed by atoms with Gasteiger partial charge in [-0.1, -0.05) is 18.9 Å². The van der Waals surface area contributed by atoms with E-state index in [1.165, 1.54) is 25.7 Å². The van der Waals surface area contributed by atoms with Crippen molar-refractivity contribution in [2.75, 3.05) is 19.6 Å². The van der Waals surface area contributed by atoms with Crippen molar-refractivity contribution in [1.82, 2.24) is 19.6 Å². The molecule has 0 radical (unpaired) electrons. The van der Waals surface area contributed by atoms with Gasteiger partial charge in [0.15, 0.2) is 0 Å². The van der Waals surface area contributed by atoms with Gasteiger partial charge in [-0.05, 0) is 25.0 Å². The third-order valence-electron chi connectivity index (χ3n) is 5.26. The fourth-order valence-corrected chi connectivity index (χ4v) is 4.04. The first kappa shape index (κ1) is 13.9. The van der Waals surface area contributed by atoms with E-state index in [4.69, 9.17) is 0 Å². The van der Waals surface area contributed by atoms with Gasteiger partial charge in [0.25, 0.3) is 5.56 Å². The molecule has 4 rings (SSSR count). The Morgan fingerprint density at radius 3 is 3.00 bits per heavy atom. The zero-order valence-electron chi connectivity index (χ0n) is 12.8. The van der Waals surface area contributed by atoms with Gasteiger partial charge in [-0.15, -0.1) is 0 Å². The van der Waals surface area contributed by atoms with Crippen molar-refractivity contribution in [3.8, 4) is 0 Å². The lowest BCUT2D eigenvalue weighted by atomic mass is 9.92. The summed E-state index contributed by atoms with van der Waals surface area (Å²) in [5, 5.41) is 3.54. The van der Waals surface area contributed by atoms with Crippen LogP contribution in [0.2, 0.25) is 0 Å². The summed E-state index contributed by atoms with van der Waals surface area (Å²) in [5.74, 6) is 0. The topological polar surface area (TPSA) is 49.6 Å². The Kier molecular flexibility index (Phi) is 3.47. The molecule has 1 N–H and O–H groups in total. The molecule has 5 nitrogen and oxygen atoms in total. The summed E-state index contributed by atoms with van der Waals surface area (Å²) >= 11 is 0. The van der Waals surface area contributed by atoms with Crippen LogP contribution in [0.4, 0.5) is 0 Å². The van der Waals surface area contributed by atoms with Crippen molar-refractivity contribution >= 4 is 5.65 Å². The molecule has 0 bridgehead atoms. The fourth-order valence-electron chi connectivity index (χ4n) is 4.04. The van der Waals surface area contributed by atoms with Gasteiger partial charge in [-0.2, -0.15) is 0 Å². The van der Waals surface area contributed by atoms with Gasteiger partial charge in [0.05, 0.1) is 5.56 Å². The Morgan fingerprint density at radius 2 is 2.14 bits per heavy atom. The van der Waals surface area contributed by atoms with Crippen molar-refractivity contribution in [2.45, 2.75) is 37.8 Å². The van der Waals surface area contributed by atoms with Crippen LogP contribution in [0.5, 0.6) is 0 Å². The Bertz CT molecular complexity index is 733. The first-order valence-electron chi connectivity index (χ1n) is 8.20. The van der Waals surface area contributed by atoms with Crippen LogP contribution in [0, 0.1) is 0 Å². The van der Waals surface area contributed by atoms with Gasteiger partial charge in [0.1, 0.15) is 5.65 Å². The van der Waals surface area contributed by atoms with Gasteiger partial charge in [0.2, 0.25) is 0 Å². The fraction of sp³-hybridized carbons (Fsp3) is 0.529. The average molecular weight is 298 g/mol.